The second kappa shape index (κ2) is 4.37. The van der Waals surface area contributed by atoms with Gasteiger partial charge >= 0.3 is 0 Å². The van der Waals surface area contributed by atoms with Gasteiger partial charge in [-0.05, 0) is 74.5 Å². The second-order valence-electron chi connectivity index (χ2n) is 7.16. The van der Waals surface area contributed by atoms with Gasteiger partial charge in [-0.3, -0.25) is 0 Å². The van der Waals surface area contributed by atoms with E-state index in [1.54, 1.807) is 0 Å². The first-order valence-electron chi connectivity index (χ1n) is 8.55. The third kappa shape index (κ3) is 1.70. The van der Waals surface area contributed by atoms with Gasteiger partial charge in [-0.25, -0.2) is 0 Å². The zero-order valence-corrected chi connectivity index (χ0v) is 11.3. The van der Waals surface area contributed by atoms with Gasteiger partial charge < -0.3 is 5.11 Å². The van der Waals surface area contributed by atoms with Crippen LogP contribution >= 0.6 is 0 Å². The van der Waals surface area contributed by atoms with Crippen molar-refractivity contribution in [2.75, 3.05) is 0 Å². The first-order chi connectivity index (χ1) is 9.14. The van der Waals surface area contributed by atoms with E-state index in [9.17, 15) is 5.11 Å². The predicted octanol–water partition coefficient (Wildman–Crippen LogP) is 3.92. The topological polar surface area (TPSA) is 20.2 Å². The Balaban J connectivity index is 1.59. The Morgan fingerprint density at radius 3 is 2.89 bits per heavy atom. The summed E-state index contributed by atoms with van der Waals surface area (Å²) in [5.41, 5.74) is 1.43. The molecule has 3 fully saturated rings. The van der Waals surface area contributed by atoms with Crippen LogP contribution in [-0.4, -0.2) is 11.2 Å². The molecule has 3 saturated carbocycles. The van der Waals surface area contributed by atoms with Crippen molar-refractivity contribution in [3.05, 3.63) is 11.6 Å². The minimum Gasteiger partial charge on any atom is -0.393 e. The molecule has 0 heterocycles. The molecule has 18 heavy (non-hydrogen) atoms. The predicted molar refractivity (Wildman–Crippen MR) is 73.1 cm³/mol. The average molecular weight is 247 g/mol. The lowest BCUT2D eigenvalue weighted by atomic mass is 9.57. The quantitative estimate of drug-likeness (QED) is 0.643. The highest BCUT2D eigenvalue weighted by molar-refractivity contribution is 5.18. The number of allylic oxidation sites excluding steroid dienone is 1. The molecule has 4 rings (SSSR count). The fraction of sp³-hybridized carbons (Fsp3) is 0.882. The molecule has 0 saturated heterocycles. The van der Waals surface area contributed by atoms with Gasteiger partial charge in [0, 0.05) is 0 Å². The van der Waals surface area contributed by atoms with E-state index in [0.29, 0.717) is 18.8 Å². The van der Waals surface area contributed by atoms with Gasteiger partial charge in [-0.15, -0.1) is 0 Å². The smallest absolute Gasteiger partial charge is 0.0604 e. The summed E-state index contributed by atoms with van der Waals surface area (Å²) in [6.45, 7) is 0. The Morgan fingerprint density at radius 1 is 1.00 bits per heavy atom. The Hall–Kier alpha value is -0.300. The Bertz CT molecular complexity index is 400. The van der Waals surface area contributed by atoms with E-state index in [1.807, 2.05) is 0 Å². The van der Waals surface area contributed by atoms with E-state index in [1.165, 1.54) is 44.1 Å². The summed E-state index contributed by atoms with van der Waals surface area (Å²) in [5.74, 6) is 4.58. The van der Waals surface area contributed by atoms with Crippen LogP contribution in [0.15, 0.2) is 11.6 Å². The summed E-state index contributed by atoms with van der Waals surface area (Å²) in [4.78, 5) is 0. The Morgan fingerprint density at radius 2 is 1.94 bits per heavy atom. The van der Waals surface area contributed by atoms with Gasteiger partial charge in [0.15, 0.2) is 0 Å². The van der Waals surface area contributed by atoms with Crippen molar-refractivity contribution in [2.24, 2.45) is 29.6 Å². The molecule has 6 atom stereocenters. The van der Waals surface area contributed by atoms with Crippen LogP contribution in [0.1, 0.15) is 59.2 Å². The van der Waals surface area contributed by atoms with E-state index in [0.717, 1.165) is 30.1 Å². The molecule has 4 aliphatic carbocycles. The monoisotopic (exact) mass is 247 g/mol. The third-order valence-corrected chi connectivity index (χ3v) is 6.49. The number of fused-ring (bicyclic) bond motifs is 5. The molecule has 0 radical (unpaired) electrons. The molecule has 1 N–H and O–H groups in total. The molecular weight excluding hydrogens is 220 g/mol. The van der Waals surface area contributed by atoms with Crippen LogP contribution in [0.3, 0.4) is 0 Å². The summed E-state index contributed by atoms with van der Waals surface area (Å²) < 4.78 is 7.91. The molecule has 0 aromatic carbocycles. The van der Waals surface area contributed by atoms with Crippen LogP contribution in [0, 0.1) is 29.6 Å². The van der Waals surface area contributed by atoms with Gasteiger partial charge in [0.2, 0.25) is 0 Å². The van der Waals surface area contributed by atoms with E-state index in [-0.39, 0.29) is 0 Å². The fourth-order valence-corrected chi connectivity index (χ4v) is 5.74. The van der Waals surface area contributed by atoms with E-state index >= 15 is 0 Å². The molecule has 0 aromatic heterocycles. The molecule has 1 heteroatoms. The van der Waals surface area contributed by atoms with E-state index in [2.05, 4.69) is 6.08 Å². The summed E-state index contributed by atoms with van der Waals surface area (Å²) in [6.07, 6.45) is 12.2. The van der Waals surface area contributed by atoms with Crippen LogP contribution < -0.4 is 0 Å². The van der Waals surface area contributed by atoms with Crippen molar-refractivity contribution in [1.29, 1.82) is 0 Å². The molecule has 6 unspecified atom stereocenters. The molecule has 0 aromatic rings. The van der Waals surface area contributed by atoms with Crippen molar-refractivity contribution >= 4 is 0 Å². The molecule has 4 aliphatic rings. The van der Waals surface area contributed by atoms with Gasteiger partial charge in [-0.2, -0.15) is 0 Å². The van der Waals surface area contributed by atoms with Crippen LogP contribution in [0.4, 0.5) is 0 Å². The van der Waals surface area contributed by atoms with Crippen molar-refractivity contribution in [3.63, 3.8) is 0 Å². The minimum absolute atomic E-state index is 0.620. The number of hydrogen-bond acceptors (Lipinski definition) is 1. The van der Waals surface area contributed by atoms with E-state index < -0.39 is 6.08 Å². The maximum Gasteiger partial charge on any atom is 0.0604 e. The lowest BCUT2D eigenvalue weighted by Crippen LogP contribution is -2.40. The Labute approximate surface area is 112 Å². The van der Waals surface area contributed by atoms with Gasteiger partial charge in [0.05, 0.1) is 7.45 Å². The molecule has 0 amide bonds. The lowest BCUT2D eigenvalue weighted by molar-refractivity contribution is 0.0436. The SMILES string of the molecule is [2H]C1(O)CCC2C(=CCC3C4CCCC4CCC23)C1. The summed E-state index contributed by atoms with van der Waals surface area (Å²) in [7, 11) is 0. The maximum absolute atomic E-state index is 9.99. The highest BCUT2D eigenvalue weighted by Gasteiger charge is 2.46. The third-order valence-electron chi connectivity index (χ3n) is 6.49. The average Bonchev–Trinajstić information content (AvgIpc) is 2.85. The normalized spacial score (nSPS) is 55.9. The molecule has 1 nitrogen and oxygen atoms in total. The van der Waals surface area contributed by atoms with Gasteiger partial charge in [-0.1, -0.05) is 24.5 Å². The first kappa shape index (κ1) is 10.5. The standard InChI is InChI=1S/C17H26O/c18-13-6-9-15-12(10-13)5-8-16-14-3-1-2-11(14)4-7-17(15)16/h5,11,13-18H,1-4,6-10H2/i13D. The molecule has 0 spiro atoms. The maximum atomic E-state index is 9.99. The molecule has 100 valence electrons. The number of aliphatic hydroxyl groups is 1. The summed E-state index contributed by atoms with van der Waals surface area (Å²) in [6, 6.07) is 0. The van der Waals surface area contributed by atoms with Crippen molar-refractivity contribution in [1.82, 2.24) is 0 Å². The highest BCUT2D eigenvalue weighted by Crippen LogP contribution is 2.56. The van der Waals surface area contributed by atoms with Crippen molar-refractivity contribution < 1.29 is 6.48 Å². The zero-order valence-electron chi connectivity index (χ0n) is 12.3. The zero-order chi connectivity index (χ0) is 13.0. The van der Waals surface area contributed by atoms with Gasteiger partial charge in [0.1, 0.15) is 0 Å². The molecule has 0 aliphatic heterocycles. The molecular formula is C17H26O. The summed E-state index contributed by atoms with van der Waals surface area (Å²) in [5, 5.41) is 9.99. The molecule has 0 bridgehead atoms. The van der Waals surface area contributed by atoms with Crippen LogP contribution in [0.2, 0.25) is 0 Å². The number of hydrogen-bond donors (Lipinski definition) is 1. The van der Waals surface area contributed by atoms with Crippen LogP contribution in [0.25, 0.3) is 0 Å². The van der Waals surface area contributed by atoms with Crippen molar-refractivity contribution in [2.45, 2.75) is 63.9 Å². The summed E-state index contributed by atoms with van der Waals surface area (Å²) >= 11 is 0. The van der Waals surface area contributed by atoms with Crippen LogP contribution in [0.5, 0.6) is 0 Å². The fourth-order valence-electron chi connectivity index (χ4n) is 5.74. The van der Waals surface area contributed by atoms with Crippen LogP contribution in [-0.2, 0) is 0 Å². The lowest BCUT2D eigenvalue weighted by Gasteiger charge is -2.49. The minimum atomic E-state index is -1.17. The van der Waals surface area contributed by atoms with E-state index in [4.69, 9.17) is 1.37 Å². The van der Waals surface area contributed by atoms with Crippen molar-refractivity contribution in [3.8, 4) is 0 Å². The second-order valence-corrected chi connectivity index (χ2v) is 7.16. The largest absolute Gasteiger partial charge is 0.393 e. The first-order valence-corrected chi connectivity index (χ1v) is 8.05. The number of rotatable bonds is 0. The van der Waals surface area contributed by atoms with Gasteiger partial charge in [0.25, 0.3) is 0 Å². The Kier molecular flexibility index (Phi) is 2.54. The highest BCUT2D eigenvalue weighted by atomic mass is 16.3.